The first-order chi connectivity index (χ1) is 9.86. The van der Waals surface area contributed by atoms with Crippen molar-refractivity contribution >= 4 is 15.7 Å². The molecule has 1 aromatic rings. The molecule has 6 nitrogen and oxygen atoms in total. The molecule has 0 aliphatic carbocycles. The molecule has 0 heterocycles. The van der Waals surface area contributed by atoms with Gasteiger partial charge in [0.2, 0.25) is 10.0 Å². The SMILES string of the molecule is CC(C)N(CCCO)S(=O)(=O)CCOc1ccc(N)cc1. The van der Waals surface area contributed by atoms with E-state index >= 15 is 0 Å². The fourth-order valence-corrected chi connectivity index (χ4v) is 3.47. The Bertz CT molecular complexity index is 514. The molecule has 0 aliphatic rings. The molecule has 0 bridgehead atoms. The van der Waals surface area contributed by atoms with Crippen molar-refractivity contribution in [1.29, 1.82) is 0 Å². The molecule has 0 atom stereocenters. The Morgan fingerprint density at radius 1 is 1.29 bits per heavy atom. The van der Waals surface area contributed by atoms with Crippen LogP contribution in [0, 0.1) is 0 Å². The van der Waals surface area contributed by atoms with Crippen molar-refractivity contribution in [1.82, 2.24) is 4.31 Å². The molecule has 7 heteroatoms. The van der Waals surface area contributed by atoms with E-state index in [1.54, 1.807) is 24.3 Å². The van der Waals surface area contributed by atoms with Gasteiger partial charge in [-0.25, -0.2) is 8.42 Å². The number of nitrogen functional groups attached to an aromatic ring is 1. The summed E-state index contributed by atoms with van der Waals surface area (Å²) in [5, 5.41) is 8.85. The molecule has 0 aliphatic heterocycles. The minimum Gasteiger partial charge on any atom is -0.492 e. The van der Waals surface area contributed by atoms with Gasteiger partial charge in [-0.1, -0.05) is 0 Å². The molecular weight excluding hydrogens is 292 g/mol. The summed E-state index contributed by atoms with van der Waals surface area (Å²) in [7, 11) is -3.40. The molecule has 0 amide bonds. The summed E-state index contributed by atoms with van der Waals surface area (Å²) in [5.74, 6) is 0.493. The zero-order valence-corrected chi connectivity index (χ0v) is 13.3. The van der Waals surface area contributed by atoms with Gasteiger partial charge in [-0.05, 0) is 44.5 Å². The molecule has 21 heavy (non-hydrogen) atoms. The number of aliphatic hydroxyl groups excluding tert-OH is 1. The molecular formula is C14H24N2O4S. The maximum atomic E-state index is 12.3. The van der Waals surface area contributed by atoms with Crippen LogP contribution in [-0.2, 0) is 10.0 Å². The highest BCUT2D eigenvalue weighted by atomic mass is 32.2. The Balaban J connectivity index is 2.56. The van der Waals surface area contributed by atoms with Crippen LogP contribution in [0.15, 0.2) is 24.3 Å². The number of hydrogen-bond donors (Lipinski definition) is 2. The Morgan fingerprint density at radius 3 is 2.43 bits per heavy atom. The van der Waals surface area contributed by atoms with Gasteiger partial charge in [0.15, 0.2) is 0 Å². The molecule has 0 unspecified atom stereocenters. The third-order valence-electron chi connectivity index (χ3n) is 2.96. The standard InChI is InChI=1S/C14H24N2O4S/c1-12(2)16(8-3-9-17)21(18,19)11-10-20-14-6-4-13(15)5-7-14/h4-7,12,17H,3,8-11,15H2,1-2H3. The third-order valence-corrected chi connectivity index (χ3v) is 4.96. The third kappa shape index (κ3) is 5.91. The van der Waals surface area contributed by atoms with Gasteiger partial charge in [-0.2, -0.15) is 4.31 Å². The van der Waals surface area contributed by atoms with Crippen LogP contribution in [-0.4, -0.2) is 49.4 Å². The maximum absolute atomic E-state index is 12.3. The van der Waals surface area contributed by atoms with E-state index < -0.39 is 10.0 Å². The maximum Gasteiger partial charge on any atom is 0.217 e. The second kappa shape index (κ2) is 8.21. The summed E-state index contributed by atoms with van der Waals surface area (Å²) < 4.78 is 31.4. The van der Waals surface area contributed by atoms with E-state index in [0.717, 1.165) is 0 Å². The second-order valence-corrected chi connectivity index (χ2v) is 7.06. The molecule has 0 spiro atoms. The number of benzene rings is 1. The van der Waals surface area contributed by atoms with E-state index in [-0.39, 0.29) is 25.0 Å². The van der Waals surface area contributed by atoms with E-state index in [1.165, 1.54) is 4.31 Å². The highest BCUT2D eigenvalue weighted by Gasteiger charge is 2.24. The first kappa shape index (κ1) is 17.7. The Morgan fingerprint density at radius 2 is 1.90 bits per heavy atom. The van der Waals surface area contributed by atoms with Crippen molar-refractivity contribution in [2.45, 2.75) is 26.3 Å². The second-order valence-electron chi connectivity index (χ2n) is 5.02. The van der Waals surface area contributed by atoms with Crippen LogP contribution in [0.5, 0.6) is 5.75 Å². The lowest BCUT2D eigenvalue weighted by atomic mass is 10.3. The lowest BCUT2D eigenvalue weighted by molar-refractivity contribution is 0.257. The molecule has 0 saturated heterocycles. The number of ether oxygens (including phenoxy) is 1. The molecule has 0 radical (unpaired) electrons. The van der Waals surface area contributed by atoms with Crippen molar-refractivity contribution in [2.24, 2.45) is 0 Å². The summed E-state index contributed by atoms with van der Waals surface area (Å²) in [6, 6.07) is 6.66. The lowest BCUT2D eigenvalue weighted by Crippen LogP contribution is -2.40. The summed E-state index contributed by atoms with van der Waals surface area (Å²) in [6.07, 6.45) is 0.427. The summed E-state index contributed by atoms with van der Waals surface area (Å²) in [6.45, 7) is 4.00. The number of anilines is 1. The highest BCUT2D eigenvalue weighted by Crippen LogP contribution is 2.14. The van der Waals surface area contributed by atoms with E-state index in [2.05, 4.69) is 0 Å². The van der Waals surface area contributed by atoms with Crippen LogP contribution in [0.4, 0.5) is 5.69 Å². The van der Waals surface area contributed by atoms with Gasteiger partial charge in [-0.15, -0.1) is 0 Å². The van der Waals surface area contributed by atoms with Gasteiger partial charge in [0.25, 0.3) is 0 Å². The van der Waals surface area contributed by atoms with Crippen molar-refractivity contribution in [2.75, 3.05) is 31.2 Å². The topological polar surface area (TPSA) is 92.9 Å². The fraction of sp³-hybridized carbons (Fsp3) is 0.571. The van der Waals surface area contributed by atoms with E-state index in [9.17, 15) is 8.42 Å². The van der Waals surface area contributed by atoms with Gasteiger partial charge in [0.1, 0.15) is 12.4 Å². The normalized spacial score (nSPS) is 12.0. The minimum absolute atomic E-state index is 0.0271. The molecule has 0 saturated carbocycles. The highest BCUT2D eigenvalue weighted by molar-refractivity contribution is 7.89. The first-order valence-corrected chi connectivity index (χ1v) is 8.56. The molecule has 3 N–H and O–H groups in total. The van der Waals surface area contributed by atoms with E-state index in [0.29, 0.717) is 24.4 Å². The van der Waals surface area contributed by atoms with Crippen LogP contribution >= 0.6 is 0 Å². The van der Waals surface area contributed by atoms with Gasteiger partial charge in [-0.3, -0.25) is 0 Å². The smallest absolute Gasteiger partial charge is 0.217 e. The van der Waals surface area contributed by atoms with Crippen LogP contribution in [0.2, 0.25) is 0 Å². The molecule has 0 fully saturated rings. The van der Waals surface area contributed by atoms with Crippen LogP contribution in [0.1, 0.15) is 20.3 Å². The van der Waals surface area contributed by atoms with E-state index in [1.807, 2.05) is 13.8 Å². The Labute approximate surface area is 126 Å². The van der Waals surface area contributed by atoms with Crippen molar-refractivity contribution in [3.63, 3.8) is 0 Å². The Kier molecular flexibility index (Phi) is 6.94. The minimum atomic E-state index is -3.40. The quantitative estimate of drug-likeness (QED) is 0.665. The monoisotopic (exact) mass is 316 g/mol. The largest absolute Gasteiger partial charge is 0.492 e. The molecule has 0 aromatic heterocycles. The van der Waals surface area contributed by atoms with Crippen LogP contribution < -0.4 is 10.5 Å². The molecule has 1 rings (SSSR count). The van der Waals surface area contributed by atoms with Crippen molar-refractivity contribution in [3.05, 3.63) is 24.3 Å². The average molecular weight is 316 g/mol. The van der Waals surface area contributed by atoms with E-state index in [4.69, 9.17) is 15.6 Å². The Hall–Kier alpha value is -1.31. The predicted octanol–water partition coefficient (Wildman–Crippen LogP) is 1.07. The average Bonchev–Trinajstić information content (AvgIpc) is 2.40. The van der Waals surface area contributed by atoms with Gasteiger partial charge < -0.3 is 15.6 Å². The number of nitrogens with two attached hydrogens (primary N) is 1. The zero-order valence-electron chi connectivity index (χ0n) is 12.5. The number of rotatable bonds is 9. The number of nitrogens with zero attached hydrogens (tertiary/aromatic N) is 1. The number of aliphatic hydroxyl groups is 1. The van der Waals surface area contributed by atoms with Crippen molar-refractivity contribution in [3.8, 4) is 5.75 Å². The van der Waals surface area contributed by atoms with Crippen molar-refractivity contribution < 1.29 is 18.3 Å². The first-order valence-electron chi connectivity index (χ1n) is 6.95. The number of sulfonamides is 1. The summed E-state index contributed by atoms with van der Waals surface area (Å²) in [4.78, 5) is 0. The van der Waals surface area contributed by atoms with Gasteiger partial charge in [0.05, 0.1) is 5.75 Å². The molecule has 1 aromatic carbocycles. The summed E-state index contributed by atoms with van der Waals surface area (Å²) >= 11 is 0. The van der Waals surface area contributed by atoms with Crippen LogP contribution in [0.3, 0.4) is 0 Å². The lowest BCUT2D eigenvalue weighted by Gasteiger charge is -2.25. The predicted molar refractivity (Wildman–Crippen MR) is 83.7 cm³/mol. The fourth-order valence-electron chi connectivity index (χ4n) is 1.89. The zero-order chi connectivity index (χ0) is 15.9. The van der Waals surface area contributed by atoms with Gasteiger partial charge >= 0.3 is 0 Å². The molecule has 120 valence electrons. The van der Waals surface area contributed by atoms with Gasteiger partial charge in [0, 0.05) is 24.9 Å². The van der Waals surface area contributed by atoms with Crippen LogP contribution in [0.25, 0.3) is 0 Å². The number of hydrogen-bond acceptors (Lipinski definition) is 5. The summed E-state index contributed by atoms with van der Waals surface area (Å²) in [5.41, 5.74) is 6.20.